The topological polar surface area (TPSA) is 41.6 Å². The van der Waals surface area contributed by atoms with Crippen molar-refractivity contribution in [2.24, 2.45) is 0 Å². The largest absolute Gasteiger partial charge is 0.381 e. The molecule has 1 N–H and O–H groups in total. The van der Waals surface area contributed by atoms with Crippen molar-refractivity contribution in [3.63, 3.8) is 0 Å². The number of hydrogen-bond donors (Lipinski definition) is 1. The number of nitrogens with one attached hydrogen (secondary N) is 1. The van der Waals surface area contributed by atoms with E-state index < -0.39 is 5.41 Å². The van der Waals surface area contributed by atoms with Gasteiger partial charge in [0.2, 0.25) is 5.91 Å². The van der Waals surface area contributed by atoms with Gasteiger partial charge >= 0.3 is 0 Å². The molecular formula is C17H23ClN2O2. The Balaban J connectivity index is 1.95. The summed E-state index contributed by atoms with van der Waals surface area (Å²) in [5.41, 5.74) is 0.433. The van der Waals surface area contributed by atoms with Crippen molar-refractivity contribution >= 4 is 17.5 Å². The Kier molecular flexibility index (Phi) is 5.01. The number of nitrogens with zero attached hydrogens (tertiary/aromatic N) is 1. The van der Waals surface area contributed by atoms with Crippen molar-refractivity contribution in [1.82, 2.24) is 10.2 Å². The van der Waals surface area contributed by atoms with E-state index in [2.05, 4.69) is 5.32 Å². The molecule has 3 rings (SSSR count). The fraction of sp³-hybridized carbons (Fsp3) is 0.588. The summed E-state index contributed by atoms with van der Waals surface area (Å²) in [6.07, 6.45) is 2.42. The Labute approximate surface area is 136 Å². The zero-order valence-electron chi connectivity index (χ0n) is 12.8. The van der Waals surface area contributed by atoms with Gasteiger partial charge in [0.15, 0.2) is 0 Å². The monoisotopic (exact) mass is 322 g/mol. The van der Waals surface area contributed by atoms with Crippen LogP contribution in [0.2, 0.25) is 5.02 Å². The van der Waals surface area contributed by atoms with Crippen molar-refractivity contribution in [2.75, 3.05) is 39.4 Å². The van der Waals surface area contributed by atoms with Crippen LogP contribution in [0.1, 0.15) is 24.8 Å². The van der Waals surface area contributed by atoms with Gasteiger partial charge in [-0.05, 0) is 37.4 Å². The fourth-order valence-corrected chi connectivity index (χ4v) is 3.84. The standard InChI is InChI=1S/C17H23ClN2O2/c18-15-5-2-1-4-14(15)17(6-12-22-13-7-17)16(21)20-10-3-8-19-9-11-20/h1-2,4-5,19H,3,6-13H2. The van der Waals surface area contributed by atoms with Crippen LogP contribution in [0, 0.1) is 0 Å². The number of ether oxygens (including phenoxy) is 1. The molecule has 2 aliphatic rings. The summed E-state index contributed by atoms with van der Waals surface area (Å²) >= 11 is 6.44. The molecule has 0 saturated carbocycles. The molecule has 1 amide bonds. The van der Waals surface area contributed by atoms with Gasteiger partial charge in [0, 0.05) is 37.9 Å². The zero-order chi connectivity index (χ0) is 15.4. The molecule has 0 radical (unpaired) electrons. The first-order valence-electron chi connectivity index (χ1n) is 8.07. The molecule has 0 aliphatic carbocycles. The van der Waals surface area contributed by atoms with E-state index in [0.29, 0.717) is 31.1 Å². The van der Waals surface area contributed by atoms with Crippen LogP contribution in [0.15, 0.2) is 24.3 Å². The highest BCUT2D eigenvalue weighted by Gasteiger charge is 2.45. The van der Waals surface area contributed by atoms with E-state index in [4.69, 9.17) is 16.3 Å². The second kappa shape index (κ2) is 6.99. The van der Waals surface area contributed by atoms with Crippen molar-refractivity contribution in [3.05, 3.63) is 34.9 Å². The number of hydrogen-bond acceptors (Lipinski definition) is 3. The van der Waals surface area contributed by atoms with E-state index in [-0.39, 0.29) is 5.91 Å². The predicted octanol–water partition coefficient (Wildman–Crippen LogP) is 2.21. The van der Waals surface area contributed by atoms with Crippen molar-refractivity contribution < 1.29 is 9.53 Å². The summed E-state index contributed by atoms with van der Waals surface area (Å²) in [4.78, 5) is 15.4. The third kappa shape index (κ3) is 3.00. The summed E-state index contributed by atoms with van der Waals surface area (Å²) in [5, 5.41) is 4.04. The molecule has 0 aromatic heterocycles. The van der Waals surface area contributed by atoms with Gasteiger partial charge in [-0.2, -0.15) is 0 Å². The summed E-state index contributed by atoms with van der Waals surface area (Å²) in [7, 11) is 0. The summed E-state index contributed by atoms with van der Waals surface area (Å²) in [5.74, 6) is 0.215. The highest BCUT2D eigenvalue weighted by atomic mass is 35.5. The summed E-state index contributed by atoms with van der Waals surface area (Å²) < 4.78 is 5.52. The van der Waals surface area contributed by atoms with Gasteiger partial charge in [-0.3, -0.25) is 4.79 Å². The third-order valence-corrected chi connectivity index (χ3v) is 5.10. The maximum Gasteiger partial charge on any atom is 0.233 e. The van der Waals surface area contributed by atoms with Crippen LogP contribution in [0.4, 0.5) is 0 Å². The number of rotatable bonds is 2. The molecule has 0 unspecified atom stereocenters. The van der Waals surface area contributed by atoms with E-state index in [1.54, 1.807) is 0 Å². The van der Waals surface area contributed by atoms with E-state index in [0.717, 1.165) is 38.2 Å². The SMILES string of the molecule is O=C(N1CCCNCC1)C1(c2ccccc2Cl)CCOCC1. The summed E-state index contributed by atoms with van der Waals surface area (Å²) in [6, 6.07) is 7.77. The van der Waals surface area contributed by atoms with E-state index >= 15 is 0 Å². The van der Waals surface area contributed by atoms with Crippen LogP contribution < -0.4 is 5.32 Å². The molecule has 5 heteroatoms. The van der Waals surface area contributed by atoms with Gasteiger partial charge in [-0.25, -0.2) is 0 Å². The first kappa shape index (κ1) is 15.8. The highest BCUT2D eigenvalue weighted by molar-refractivity contribution is 6.31. The molecule has 2 fully saturated rings. The van der Waals surface area contributed by atoms with Crippen LogP contribution in [-0.2, 0) is 14.9 Å². The molecule has 4 nitrogen and oxygen atoms in total. The molecule has 2 saturated heterocycles. The van der Waals surface area contributed by atoms with Crippen LogP contribution in [-0.4, -0.2) is 50.2 Å². The Hall–Kier alpha value is -1.10. The number of amides is 1. The first-order chi connectivity index (χ1) is 10.7. The van der Waals surface area contributed by atoms with E-state index in [1.165, 1.54) is 0 Å². The first-order valence-corrected chi connectivity index (χ1v) is 8.45. The lowest BCUT2D eigenvalue weighted by Gasteiger charge is -2.40. The Bertz CT molecular complexity index is 521. The minimum absolute atomic E-state index is 0.215. The minimum atomic E-state index is -0.527. The lowest BCUT2D eigenvalue weighted by molar-refractivity contribution is -0.141. The Morgan fingerprint density at radius 1 is 1.18 bits per heavy atom. The molecule has 1 aromatic rings. The Morgan fingerprint density at radius 3 is 2.73 bits per heavy atom. The van der Waals surface area contributed by atoms with Crippen molar-refractivity contribution in [3.8, 4) is 0 Å². The smallest absolute Gasteiger partial charge is 0.233 e. The molecular weight excluding hydrogens is 300 g/mol. The second-order valence-corrected chi connectivity index (χ2v) is 6.48. The van der Waals surface area contributed by atoms with Crippen molar-refractivity contribution in [2.45, 2.75) is 24.7 Å². The molecule has 2 heterocycles. The third-order valence-electron chi connectivity index (χ3n) is 4.77. The van der Waals surface area contributed by atoms with Gasteiger partial charge < -0.3 is 15.0 Å². The van der Waals surface area contributed by atoms with E-state index in [1.807, 2.05) is 29.2 Å². The van der Waals surface area contributed by atoms with Gasteiger partial charge in [0.25, 0.3) is 0 Å². The molecule has 2 aliphatic heterocycles. The van der Waals surface area contributed by atoms with Crippen LogP contribution >= 0.6 is 11.6 Å². The fourth-order valence-electron chi connectivity index (χ4n) is 3.52. The van der Waals surface area contributed by atoms with E-state index in [9.17, 15) is 4.79 Å². The maximum absolute atomic E-state index is 13.4. The normalized spacial score (nSPS) is 22.1. The van der Waals surface area contributed by atoms with Crippen LogP contribution in [0.5, 0.6) is 0 Å². The average Bonchev–Trinajstić information content (AvgIpc) is 2.84. The highest BCUT2D eigenvalue weighted by Crippen LogP contribution is 2.40. The van der Waals surface area contributed by atoms with Gasteiger partial charge in [0.05, 0.1) is 5.41 Å². The molecule has 22 heavy (non-hydrogen) atoms. The van der Waals surface area contributed by atoms with Gasteiger partial charge in [0.1, 0.15) is 0 Å². The molecule has 0 bridgehead atoms. The molecule has 120 valence electrons. The zero-order valence-corrected chi connectivity index (χ0v) is 13.6. The number of carbonyl (C=O) groups excluding carboxylic acids is 1. The summed E-state index contributed by atoms with van der Waals surface area (Å²) in [6.45, 7) is 4.66. The molecule has 0 spiro atoms. The Morgan fingerprint density at radius 2 is 1.95 bits per heavy atom. The quantitative estimate of drug-likeness (QED) is 0.907. The lowest BCUT2D eigenvalue weighted by Crippen LogP contribution is -2.51. The number of halogens is 1. The van der Waals surface area contributed by atoms with Crippen LogP contribution in [0.25, 0.3) is 0 Å². The van der Waals surface area contributed by atoms with Gasteiger partial charge in [-0.15, -0.1) is 0 Å². The van der Waals surface area contributed by atoms with Crippen molar-refractivity contribution in [1.29, 1.82) is 0 Å². The molecule has 0 atom stereocenters. The second-order valence-electron chi connectivity index (χ2n) is 6.07. The molecule has 1 aromatic carbocycles. The number of carbonyl (C=O) groups is 1. The van der Waals surface area contributed by atoms with Crippen LogP contribution in [0.3, 0.4) is 0 Å². The minimum Gasteiger partial charge on any atom is -0.381 e. The lowest BCUT2D eigenvalue weighted by atomic mass is 9.73. The maximum atomic E-state index is 13.4. The average molecular weight is 323 g/mol. The van der Waals surface area contributed by atoms with Gasteiger partial charge in [-0.1, -0.05) is 29.8 Å². The number of benzene rings is 1. The predicted molar refractivity (Wildman–Crippen MR) is 87.2 cm³/mol.